The number of benzene rings is 4. The minimum absolute atomic E-state index is 0.249. The lowest BCUT2D eigenvalue weighted by Gasteiger charge is -2.13. The van der Waals surface area contributed by atoms with E-state index >= 15 is 0 Å². The molecular formula is C31H25Br2Cl2N3O5. The Hall–Kier alpha value is -3.57. The molecule has 0 aromatic heterocycles. The van der Waals surface area contributed by atoms with Crippen molar-refractivity contribution in [3.63, 3.8) is 0 Å². The molecule has 0 aliphatic carbocycles. The summed E-state index contributed by atoms with van der Waals surface area (Å²) < 4.78 is 18.4. The van der Waals surface area contributed by atoms with Crippen LogP contribution >= 0.6 is 55.1 Å². The number of amides is 2. The number of hydrogen-bond acceptors (Lipinski definition) is 6. The fourth-order valence-electron chi connectivity index (χ4n) is 3.70. The Morgan fingerprint density at radius 2 is 1.60 bits per heavy atom. The highest BCUT2D eigenvalue weighted by Gasteiger charge is 2.14. The first-order valence-corrected chi connectivity index (χ1v) is 15.2. The summed E-state index contributed by atoms with van der Waals surface area (Å²) in [7, 11) is 0. The zero-order chi connectivity index (χ0) is 30.8. The molecule has 0 aliphatic rings. The number of rotatable bonds is 12. The highest BCUT2D eigenvalue weighted by molar-refractivity contribution is 9.11. The third-order valence-electron chi connectivity index (χ3n) is 5.69. The number of ether oxygens (including phenoxy) is 3. The monoisotopic (exact) mass is 747 g/mol. The highest BCUT2D eigenvalue weighted by atomic mass is 79.9. The first kappa shape index (κ1) is 32.3. The molecule has 43 heavy (non-hydrogen) atoms. The molecule has 0 atom stereocenters. The van der Waals surface area contributed by atoms with Crippen LogP contribution in [-0.4, -0.2) is 31.2 Å². The second-order valence-electron chi connectivity index (χ2n) is 8.85. The van der Waals surface area contributed by atoms with E-state index in [0.717, 1.165) is 5.56 Å². The number of halogens is 4. The Bertz CT molecular complexity index is 1610. The summed E-state index contributed by atoms with van der Waals surface area (Å²) in [5.41, 5.74) is 5.05. The minimum atomic E-state index is -0.419. The van der Waals surface area contributed by atoms with E-state index in [-0.39, 0.29) is 12.5 Å². The number of carbonyl (C=O) groups is 2. The van der Waals surface area contributed by atoms with Gasteiger partial charge in [-0.05, 0) is 98.4 Å². The predicted octanol–water partition coefficient (Wildman–Crippen LogP) is 8.28. The molecule has 0 fully saturated rings. The van der Waals surface area contributed by atoms with E-state index in [0.29, 0.717) is 66.3 Å². The molecule has 0 aliphatic heterocycles. The van der Waals surface area contributed by atoms with Crippen LogP contribution in [0.5, 0.6) is 17.2 Å². The van der Waals surface area contributed by atoms with Crippen molar-refractivity contribution in [1.82, 2.24) is 5.43 Å². The van der Waals surface area contributed by atoms with Gasteiger partial charge in [-0.15, -0.1) is 0 Å². The average molecular weight is 750 g/mol. The van der Waals surface area contributed by atoms with Gasteiger partial charge in [0.25, 0.3) is 11.8 Å². The molecule has 2 N–H and O–H groups in total. The first-order chi connectivity index (χ1) is 20.7. The number of carbonyl (C=O) groups excluding carboxylic acids is 2. The fourth-order valence-corrected chi connectivity index (χ4v) is 5.45. The number of nitrogens with one attached hydrogen (secondary N) is 2. The molecule has 0 heterocycles. The van der Waals surface area contributed by atoms with Crippen molar-refractivity contribution >= 4 is 78.8 Å². The molecule has 4 aromatic rings. The smallest absolute Gasteiger partial charge is 0.271 e. The molecule has 0 unspecified atom stereocenters. The number of hydrogen-bond donors (Lipinski definition) is 2. The zero-order valence-corrected chi connectivity index (χ0v) is 27.4. The van der Waals surface area contributed by atoms with Crippen molar-refractivity contribution in [2.45, 2.75) is 13.5 Å². The van der Waals surface area contributed by atoms with Gasteiger partial charge in [-0.1, -0.05) is 53.5 Å². The van der Waals surface area contributed by atoms with E-state index < -0.39 is 5.91 Å². The molecule has 4 rings (SSSR count). The van der Waals surface area contributed by atoms with Gasteiger partial charge in [0.15, 0.2) is 18.1 Å². The maximum absolute atomic E-state index is 12.8. The van der Waals surface area contributed by atoms with Crippen LogP contribution in [-0.2, 0) is 11.4 Å². The number of anilines is 1. The Kier molecular flexibility index (Phi) is 11.9. The quantitative estimate of drug-likeness (QED) is 0.112. The lowest BCUT2D eigenvalue weighted by Crippen LogP contribution is -2.20. The van der Waals surface area contributed by atoms with Gasteiger partial charge in [-0.2, -0.15) is 5.10 Å². The second-order valence-corrected chi connectivity index (χ2v) is 11.4. The molecular weight excluding hydrogens is 725 g/mol. The maximum atomic E-state index is 12.8. The van der Waals surface area contributed by atoms with Gasteiger partial charge in [0.2, 0.25) is 0 Å². The third kappa shape index (κ3) is 9.46. The van der Waals surface area contributed by atoms with Crippen LogP contribution in [0, 0.1) is 0 Å². The normalized spacial score (nSPS) is 10.8. The van der Waals surface area contributed by atoms with E-state index in [1.54, 1.807) is 48.5 Å². The van der Waals surface area contributed by atoms with Crippen LogP contribution < -0.4 is 25.0 Å². The number of hydrazone groups is 1. The Labute approximate surface area is 275 Å². The fraction of sp³-hybridized carbons (Fsp3) is 0.129. The summed E-state index contributed by atoms with van der Waals surface area (Å²) in [5, 5.41) is 7.49. The zero-order valence-electron chi connectivity index (χ0n) is 22.7. The largest absolute Gasteiger partial charge is 0.490 e. The van der Waals surface area contributed by atoms with Crippen molar-refractivity contribution < 1.29 is 23.8 Å². The van der Waals surface area contributed by atoms with Crippen molar-refractivity contribution in [2.24, 2.45) is 5.10 Å². The van der Waals surface area contributed by atoms with Crippen molar-refractivity contribution in [1.29, 1.82) is 0 Å². The standard InChI is InChI=1S/C31H25Br2Cl2N3O5/c1-2-41-28-14-21(8-11-27(28)42-17-19-6-4-3-5-7-19)31(40)38-36-16-20-12-23(32)30(24(33)13-20)43-18-29(39)37-22-9-10-25(34)26(35)15-22/h3-16H,2,17-18H2,1H3,(H,37,39)(H,38,40)/b36-16+. The summed E-state index contributed by atoms with van der Waals surface area (Å²) >= 11 is 18.8. The van der Waals surface area contributed by atoms with Gasteiger partial charge >= 0.3 is 0 Å². The molecule has 12 heteroatoms. The van der Waals surface area contributed by atoms with Gasteiger partial charge in [0, 0.05) is 11.3 Å². The van der Waals surface area contributed by atoms with Crippen LogP contribution in [0.2, 0.25) is 10.0 Å². The molecule has 0 radical (unpaired) electrons. The molecule has 0 saturated heterocycles. The predicted molar refractivity (Wildman–Crippen MR) is 176 cm³/mol. The van der Waals surface area contributed by atoms with Crippen molar-refractivity contribution in [3.05, 3.63) is 115 Å². The van der Waals surface area contributed by atoms with Crippen LogP contribution in [0.3, 0.4) is 0 Å². The summed E-state index contributed by atoms with van der Waals surface area (Å²) in [4.78, 5) is 25.1. The summed E-state index contributed by atoms with van der Waals surface area (Å²) in [6, 6.07) is 23.0. The van der Waals surface area contributed by atoms with Crippen LogP contribution in [0.4, 0.5) is 5.69 Å². The molecule has 0 bridgehead atoms. The molecule has 222 valence electrons. The molecule has 0 saturated carbocycles. The average Bonchev–Trinajstić information content (AvgIpc) is 2.98. The summed E-state index contributed by atoms with van der Waals surface area (Å²) in [6.45, 7) is 2.39. The Morgan fingerprint density at radius 3 is 2.30 bits per heavy atom. The molecule has 4 aromatic carbocycles. The SMILES string of the molecule is CCOc1cc(C(=O)N/N=C/c2cc(Br)c(OCC(=O)Nc3ccc(Cl)c(Cl)c3)c(Br)c2)ccc1OCc1ccccc1. The topological polar surface area (TPSA) is 98.3 Å². The van der Waals surface area contributed by atoms with Crippen molar-refractivity contribution in [2.75, 3.05) is 18.5 Å². The summed E-state index contributed by atoms with van der Waals surface area (Å²) in [6.07, 6.45) is 1.48. The van der Waals surface area contributed by atoms with Gasteiger partial charge < -0.3 is 19.5 Å². The van der Waals surface area contributed by atoms with Gasteiger partial charge in [0.05, 0.1) is 31.8 Å². The van der Waals surface area contributed by atoms with Gasteiger partial charge in [-0.3, -0.25) is 9.59 Å². The highest BCUT2D eigenvalue weighted by Crippen LogP contribution is 2.35. The van der Waals surface area contributed by atoms with Crippen LogP contribution in [0.25, 0.3) is 0 Å². The van der Waals surface area contributed by atoms with E-state index in [4.69, 9.17) is 37.4 Å². The molecule has 8 nitrogen and oxygen atoms in total. The minimum Gasteiger partial charge on any atom is -0.490 e. The first-order valence-electron chi connectivity index (χ1n) is 12.9. The van der Waals surface area contributed by atoms with E-state index in [2.05, 4.69) is 47.7 Å². The second kappa shape index (κ2) is 15.8. The summed E-state index contributed by atoms with van der Waals surface area (Å²) in [5.74, 6) is 0.619. The van der Waals surface area contributed by atoms with E-state index in [9.17, 15) is 9.59 Å². The Balaban J connectivity index is 1.34. The van der Waals surface area contributed by atoms with Crippen molar-refractivity contribution in [3.8, 4) is 17.2 Å². The Morgan fingerprint density at radius 1 is 0.860 bits per heavy atom. The lowest BCUT2D eigenvalue weighted by molar-refractivity contribution is -0.118. The molecule has 2 amide bonds. The lowest BCUT2D eigenvalue weighted by atomic mass is 10.2. The van der Waals surface area contributed by atoms with Crippen LogP contribution in [0.1, 0.15) is 28.4 Å². The van der Waals surface area contributed by atoms with E-state index in [1.165, 1.54) is 6.21 Å². The van der Waals surface area contributed by atoms with Gasteiger partial charge in [-0.25, -0.2) is 5.43 Å². The van der Waals surface area contributed by atoms with E-state index in [1.807, 2.05) is 37.3 Å². The molecule has 0 spiro atoms. The van der Waals surface area contributed by atoms with Gasteiger partial charge in [0.1, 0.15) is 12.4 Å². The maximum Gasteiger partial charge on any atom is 0.271 e. The third-order valence-corrected chi connectivity index (χ3v) is 7.61. The van der Waals surface area contributed by atoms with Crippen LogP contribution in [0.15, 0.2) is 92.9 Å². The number of nitrogens with zero attached hydrogens (tertiary/aromatic N) is 1.